The van der Waals surface area contributed by atoms with Gasteiger partial charge in [0.2, 0.25) is 0 Å². The Labute approximate surface area is 121 Å². The molecular weight excluding hydrogens is 272 g/mol. The van der Waals surface area contributed by atoms with Gasteiger partial charge in [-0.1, -0.05) is 0 Å². The van der Waals surface area contributed by atoms with Crippen molar-refractivity contribution in [1.29, 1.82) is 0 Å². The van der Waals surface area contributed by atoms with Crippen LogP contribution in [0.2, 0.25) is 0 Å². The van der Waals surface area contributed by atoms with Gasteiger partial charge in [0, 0.05) is 38.6 Å². The van der Waals surface area contributed by atoms with Crippen molar-refractivity contribution in [1.82, 2.24) is 24.7 Å². The number of nitrogens with one attached hydrogen (secondary N) is 2. The van der Waals surface area contributed by atoms with Crippen molar-refractivity contribution >= 4 is 5.82 Å². The van der Waals surface area contributed by atoms with E-state index in [0.29, 0.717) is 24.7 Å². The van der Waals surface area contributed by atoms with Crippen LogP contribution in [0.1, 0.15) is 23.9 Å². The normalized spacial score (nSPS) is 18.0. The average Bonchev–Trinajstić information content (AvgIpc) is 3.13. The molecule has 0 radical (unpaired) electrons. The van der Waals surface area contributed by atoms with Crippen molar-refractivity contribution in [2.75, 3.05) is 25.1 Å². The number of ether oxygens (including phenoxy) is 1. The molecule has 1 fully saturated rings. The molecular formula is C13H18N6O2. The number of hydrogen-bond acceptors (Lipinski definition) is 6. The van der Waals surface area contributed by atoms with E-state index in [0.717, 1.165) is 31.1 Å². The lowest BCUT2D eigenvalue weighted by molar-refractivity contribution is 0.193. The summed E-state index contributed by atoms with van der Waals surface area (Å²) < 4.78 is 6.88. The standard InChI is InChI=1S/C13H18N6O2/c1-19-12(17-18-13(19)20)2-4-14-11-6-10(15-8-16-11)9-3-5-21-7-9/h6,8-9H,2-5,7H2,1H3,(H,18,20)(H,14,15,16). The summed E-state index contributed by atoms with van der Waals surface area (Å²) in [6, 6.07) is 1.96. The molecule has 0 aliphatic carbocycles. The van der Waals surface area contributed by atoms with E-state index in [2.05, 4.69) is 25.5 Å². The van der Waals surface area contributed by atoms with Crippen molar-refractivity contribution < 1.29 is 4.74 Å². The lowest BCUT2D eigenvalue weighted by Gasteiger charge is -2.09. The van der Waals surface area contributed by atoms with Crippen molar-refractivity contribution in [2.45, 2.75) is 18.8 Å². The number of aromatic amines is 1. The van der Waals surface area contributed by atoms with Gasteiger partial charge in [-0.2, -0.15) is 5.10 Å². The summed E-state index contributed by atoms with van der Waals surface area (Å²) >= 11 is 0. The number of anilines is 1. The van der Waals surface area contributed by atoms with Crippen molar-refractivity contribution in [3.05, 3.63) is 34.4 Å². The highest BCUT2D eigenvalue weighted by atomic mass is 16.5. The van der Waals surface area contributed by atoms with Crippen LogP contribution in [0.25, 0.3) is 0 Å². The van der Waals surface area contributed by atoms with Crippen molar-refractivity contribution in [2.24, 2.45) is 7.05 Å². The smallest absolute Gasteiger partial charge is 0.343 e. The Morgan fingerprint density at radius 2 is 2.43 bits per heavy atom. The molecule has 1 atom stereocenters. The fourth-order valence-corrected chi connectivity index (χ4v) is 2.37. The lowest BCUT2D eigenvalue weighted by Crippen LogP contribution is -2.16. The maximum Gasteiger partial charge on any atom is 0.343 e. The third-order valence-corrected chi connectivity index (χ3v) is 3.66. The minimum Gasteiger partial charge on any atom is -0.381 e. The molecule has 21 heavy (non-hydrogen) atoms. The zero-order valence-electron chi connectivity index (χ0n) is 11.9. The van der Waals surface area contributed by atoms with Gasteiger partial charge in [-0.15, -0.1) is 0 Å². The first-order valence-corrected chi connectivity index (χ1v) is 6.98. The molecule has 2 aromatic heterocycles. The van der Waals surface area contributed by atoms with Crippen LogP contribution < -0.4 is 11.0 Å². The van der Waals surface area contributed by atoms with Crippen molar-refractivity contribution in [3.8, 4) is 0 Å². The van der Waals surface area contributed by atoms with E-state index >= 15 is 0 Å². The molecule has 8 heteroatoms. The molecule has 0 bridgehead atoms. The molecule has 3 rings (SSSR count). The number of rotatable bonds is 5. The highest BCUT2D eigenvalue weighted by Gasteiger charge is 2.19. The Hall–Kier alpha value is -2.22. The third-order valence-electron chi connectivity index (χ3n) is 3.66. The third kappa shape index (κ3) is 3.10. The van der Waals surface area contributed by atoms with Crippen LogP contribution in [0, 0.1) is 0 Å². The second-order valence-corrected chi connectivity index (χ2v) is 5.07. The Morgan fingerprint density at radius 1 is 1.52 bits per heavy atom. The molecule has 112 valence electrons. The van der Waals surface area contributed by atoms with E-state index in [4.69, 9.17) is 4.74 Å². The molecule has 1 aliphatic rings. The molecule has 0 saturated carbocycles. The Morgan fingerprint density at radius 3 is 3.14 bits per heavy atom. The molecule has 2 N–H and O–H groups in total. The summed E-state index contributed by atoms with van der Waals surface area (Å²) in [5.41, 5.74) is 0.813. The van der Waals surface area contributed by atoms with Gasteiger partial charge in [0.15, 0.2) is 0 Å². The maximum absolute atomic E-state index is 11.3. The van der Waals surface area contributed by atoms with Crippen LogP contribution in [-0.4, -0.2) is 44.5 Å². The fourth-order valence-electron chi connectivity index (χ4n) is 2.37. The Kier molecular flexibility index (Phi) is 3.96. The second kappa shape index (κ2) is 6.04. The summed E-state index contributed by atoms with van der Waals surface area (Å²) in [5, 5.41) is 9.62. The zero-order chi connectivity index (χ0) is 14.7. The van der Waals surface area contributed by atoms with Crippen LogP contribution in [0.15, 0.2) is 17.2 Å². The van der Waals surface area contributed by atoms with E-state index in [1.165, 1.54) is 4.57 Å². The van der Waals surface area contributed by atoms with Gasteiger partial charge in [-0.05, 0) is 6.42 Å². The Balaban J connectivity index is 1.59. The van der Waals surface area contributed by atoms with E-state index in [9.17, 15) is 4.79 Å². The van der Waals surface area contributed by atoms with Crippen LogP contribution in [0.5, 0.6) is 0 Å². The topological polar surface area (TPSA) is 97.7 Å². The van der Waals surface area contributed by atoms with Crippen LogP contribution in [-0.2, 0) is 18.2 Å². The summed E-state index contributed by atoms with van der Waals surface area (Å²) in [4.78, 5) is 19.8. The van der Waals surface area contributed by atoms with Crippen LogP contribution in [0.3, 0.4) is 0 Å². The second-order valence-electron chi connectivity index (χ2n) is 5.07. The molecule has 2 aromatic rings. The predicted molar refractivity (Wildman–Crippen MR) is 76.2 cm³/mol. The number of H-pyrrole nitrogens is 1. The van der Waals surface area contributed by atoms with Gasteiger partial charge in [-0.3, -0.25) is 4.57 Å². The van der Waals surface area contributed by atoms with Gasteiger partial charge in [0.25, 0.3) is 0 Å². The summed E-state index contributed by atoms with van der Waals surface area (Å²) in [7, 11) is 1.70. The number of hydrogen-bond donors (Lipinski definition) is 2. The molecule has 1 aliphatic heterocycles. The van der Waals surface area contributed by atoms with E-state index in [1.807, 2.05) is 6.07 Å². The van der Waals surface area contributed by atoms with Gasteiger partial charge in [-0.25, -0.2) is 19.9 Å². The number of nitrogens with zero attached hydrogens (tertiary/aromatic N) is 4. The maximum atomic E-state index is 11.3. The summed E-state index contributed by atoms with van der Waals surface area (Å²) in [5.74, 6) is 1.86. The first-order chi connectivity index (χ1) is 10.2. The SMILES string of the molecule is Cn1c(CCNc2cc(C3CCOC3)ncn2)n[nH]c1=O. The Bertz CT molecular complexity index is 659. The van der Waals surface area contributed by atoms with Gasteiger partial charge < -0.3 is 10.1 Å². The van der Waals surface area contributed by atoms with Gasteiger partial charge >= 0.3 is 5.69 Å². The minimum absolute atomic E-state index is 0.199. The number of aromatic nitrogens is 5. The highest BCUT2D eigenvalue weighted by molar-refractivity contribution is 5.36. The molecule has 0 amide bonds. The van der Waals surface area contributed by atoms with E-state index < -0.39 is 0 Å². The molecule has 1 saturated heterocycles. The largest absolute Gasteiger partial charge is 0.381 e. The first-order valence-electron chi connectivity index (χ1n) is 6.98. The van der Waals surface area contributed by atoms with Gasteiger partial charge in [0.05, 0.1) is 12.3 Å². The minimum atomic E-state index is -0.199. The molecule has 3 heterocycles. The molecule has 1 unspecified atom stereocenters. The molecule has 0 aromatic carbocycles. The highest BCUT2D eigenvalue weighted by Crippen LogP contribution is 2.24. The zero-order valence-corrected chi connectivity index (χ0v) is 11.9. The van der Waals surface area contributed by atoms with Crippen LogP contribution >= 0.6 is 0 Å². The summed E-state index contributed by atoms with van der Waals surface area (Å²) in [6.45, 7) is 2.17. The molecule has 8 nitrogen and oxygen atoms in total. The van der Waals surface area contributed by atoms with E-state index in [-0.39, 0.29) is 5.69 Å². The fraction of sp³-hybridized carbons (Fsp3) is 0.538. The first kappa shape index (κ1) is 13.7. The van der Waals surface area contributed by atoms with Crippen molar-refractivity contribution in [3.63, 3.8) is 0 Å². The predicted octanol–water partition coefficient (Wildman–Crippen LogP) is 0.0569. The quantitative estimate of drug-likeness (QED) is 0.808. The monoisotopic (exact) mass is 290 g/mol. The molecule has 0 spiro atoms. The van der Waals surface area contributed by atoms with Gasteiger partial charge in [0.1, 0.15) is 18.0 Å². The van der Waals surface area contributed by atoms with Crippen LogP contribution in [0.4, 0.5) is 5.82 Å². The average molecular weight is 290 g/mol. The lowest BCUT2D eigenvalue weighted by atomic mass is 10.1. The van der Waals surface area contributed by atoms with E-state index in [1.54, 1.807) is 13.4 Å². The summed E-state index contributed by atoms with van der Waals surface area (Å²) in [6.07, 6.45) is 3.22.